The van der Waals surface area contributed by atoms with E-state index < -0.39 is 0 Å². The molecule has 3 rings (SSSR count). The van der Waals surface area contributed by atoms with Gasteiger partial charge in [-0.2, -0.15) is 0 Å². The molecule has 0 radical (unpaired) electrons. The number of likely N-dealkylation sites (N-methyl/N-ethyl adjacent to an activating group) is 1. The van der Waals surface area contributed by atoms with Crippen molar-refractivity contribution in [1.82, 2.24) is 15.5 Å². The van der Waals surface area contributed by atoms with Crippen molar-refractivity contribution in [1.29, 1.82) is 0 Å². The van der Waals surface area contributed by atoms with Gasteiger partial charge in [-0.25, -0.2) is 0 Å². The Bertz CT molecular complexity index is 384. The minimum absolute atomic E-state index is 0. The highest BCUT2D eigenvalue weighted by Crippen LogP contribution is 2.49. The van der Waals surface area contributed by atoms with Crippen molar-refractivity contribution in [2.75, 3.05) is 26.7 Å². The maximum Gasteiger partial charge on any atom is 0.234 e. The average Bonchev–Trinajstić information content (AvgIpc) is 3.01. The van der Waals surface area contributed by atoms with Crippen LogP contribution in [0.2, 0.25) is 0 Å². The second kappa shape index (κ2) is 8.68. The summed E-state index contributed by atoms with van der Waals surface area (Å²) in [5.41, 5.74) is 0. The molecule has 3 aliphatic rings. The van der Waals surface area contributed by atoms with Crippen molar-refractivity contribution in [3.8, 4) is 0 Å². The second-order valence-electron chi connectivity index (χ2n) is 7.94. The van der Waals surface area contributed by atoms with E-state index in [-0.39, 0.29) is 18.3 Å². The van der Waals surface area contributed by atoms with Gasteiger partial charge in [-0.3, -0.25) is 9.69 Å². The van der Waals surface area contributed by atoms with Gasteiger partial charge in [0.05, 0.1) is 6.54 Å². The second-order valence-corrected chi connectivity index (χ2v) is 7.94. The summed E-state index contributed by atoms with van der Waals surface area (Å²) in [6.07, 6.45) is 9.17. The van der Waals surface area contributed by atoms with Crippen LogP contribution in [0.3, 0.4) is 0 Å². The monoisotopic (exact) mass is 343 g/mol. The minimum atomic E-state index is 0. The van der Waals surface area contributed by atoms with E-state index in [1.165, 1.54) is 38.5 Å². The fourth-order valence-corrected chi connectivity index (χ4v) is 5.11. The molecule has 2 N–H and O–H groups in total. The lowest BCUT2D eigenvalue weighted by molar-refractivity contribution is -0.123. The zero-order valence-corrected chi connectivity index (χ0v) is 15.5. The first kappa shape index (κ1) is 19.0. The first-order valence-electron chi connectivity index (χ1n) is 9.34. The maximum absolute atomic E-state index is 12.4. The fraction of sp³-hybridized carbons (Fsp3) is 0.944. The molecule has 134 valence electrons. The average molecular weight is 344 g/mol. The first-order chi connectivity index (χ1) is 10.6. The normalized spacial score (nSPS) is 34.7. The highest BCUT2D eigenvalue weighted by molar-refractivity contribution is 5.85. The van der Waals surface area contributed by atoms with Gasteiger partial charge in [0.25, 0.3) is 0 Å². The van der Waals surface area contributed by atoms with Gasteiger partial charge < -0.3 is 10.6 Å². The van der Waals surface area contributed by atoms with Crippen molar-refractivity contribution >= 4 is 18.3 Å². The number of fused-ring (bicyclic) bond motifs is 2. The van der Waals surface area contributed by atoms with Gasteiger partial charge in [-0.05, 0) is 83.3 Å². The van der Waals surface area contributed by atoms with Crippen LogP contribution in [-0.4, -0.2) is 49.6 Å². The molecule has 0 aromatic carbocycles. The van der Waals surface area contributed by atoms with Crippen LogP contribution in [0.15, 0.2) is 0 Å². The van der Waals surface area contributed by atoms with Crippen LogP contribution in [0, 0.1) is 17.8 Å². The van der Waals surface area contributed by atoms with E-state index in [4.69, 9.17) is 0 Å². The Morgan fingerprint density at radius 1 is 1.22 bits per heavy atom. The number of hydrogen-bond donors (Lipinski definition) is 2. The van der Waals surface area contributed by atoms with Crippen molar-refractivity contribution in [2.24, 2.45) is 17.8 Å². The van der Waals surface area contributed by atoms with Gasteiger partial charge in [0, 0.05) is 12.1 Å². The van der Waals surface area contributed by atoms with Crippen LogP contribution in [0.1, 0.15) is 51.9 Å². The van der Waals surface area contributed by atoms with Crippen molar-refractivity contribution < 1.29 is 4.79 Å². The van der Waals surface area contributed by atoms with E-state index >= 15 is 0 Å². The molecular weight excluding hydrogens is 310 g/mol. The molecule has 1 amide bonds. The van der Waals surface area contributed by atoms with Crippen LogP contribution in [0.25, 0.3) is 0 Å². The summed E-state index contributed by atoms with van der Waals surface area (Å²) in [6, 6.07) is 0.908. The molecule has 2 saturated carbocycles. The summed E-state index contributed by atoms with van der Waals surface area (Å²) in [4.78, 5) is 14.6. The van der Waals surface area contributed by atoms with Crippen LogP contribution < -0.4 is 10.6 Å². The number of carbonyl (C=O) groups is 1. The molecule has 0 aromatic rings. The molecule has 5 atom stereocenters. The third-order valence-electron chi connectivity index (χ3n) is 6.39. The molecule has 1 saturated heterocycles. The number of amides is 1. The Kier molecular flexibility index (Phi) is 7.18. The summed E-state index contributed by atoms with van der Waals surface area (Å²) in [5, 5.41) is 6.74. The van der Waals surface area contributed by atoms with E-state index in [1.807, 2.05) is 0 Å². The Balaban J connectivity index is 0.00000192. The molecular formula is C18H34ClN3O. The van der Waals surface area contributed by atoms with E-state index in [0.717, 1.165) is 37.3 Å². The number of rotatable bonds is 5. The zero-order valence-electron chi connectivity index (χ0n) is 14.7. The number of nitrogens with one attached hydrogen (secondary N) is 2. The third-order valence-corrected chi connectivity index (χ3v) is 6.39. The SMILES string of the molecule is CC(NC(=O)CN(C)C1CCCNCC1)C1CC2CCC1C2.Cl. The minimum Gasteiger partial charge on any atom is -0.352 e. The van der Waals surface area contributed by atoms with E-state index in [1.54, 1.807) is 0 Å². The van der Waals surface area contributed by atoms with Crippen LogP contribution >= 0.6 is 12.4 Å². The Labute approximate surface area is 147 Å². The topological polar surface area (TPSA) is 44.4 Å². The third kappa shape index (κ3) is 4.83. The maximum atomic E-state index is 12.4. The van der Waals surface area contributed by atoms with Gasteiger partial charge in [0.15, 0.2) is 0 Å². The lowest BCUT2D eigenvalue weighted by atomic mass is 9.84. The Morgan fingerprint density at radius 2 is 2.04 bits per heavy atom. The predicted octanol–water partition coefficient (Wildman–Crippen LogP) is 2.42. The smallest absolute Gasteiger partial charge is 0.234 e. The van der Waals surface area contributed by atoms with Crippen LogP contribution in [-0.2, 0) is 4.79 Å². The van der Waals surface area contributed by atoms with Crippen molar-refractivity contribution in [3.05, 3.63) is 0 Å². The molecule has 5 unspecified atom stereocenters. The van der Waals surface area contributed by atoms with Crippen molar-refractivity contribution in [2.45, 2.75) is 64.0 Å². The van der Waals surface area contributed by atoms with Crippen LogP contribution in [0.5, 0.6) is 0 Å². The van der Waals surface area contributed by atoms with Gasteiger partial charge in [0.1, 0.15) is 0 Å². The molecule has 5 heteroatoms. The standard InChI is InChI=1S/C18H33N3O.ClH/c1-13(17-11-14-5-6-15(17)10-14)20-18(22)12-21(2)16-4-3-8-19-9-7-16;/h13-17,19H,3-12H2,1-2H3,(H,20,22);1H. The molecule has 1 aliphatic heterocycles. The molecule has 1 heterocycles. The van der Waals surface area contributed by atoms with Crippen molar-refractivity contribution in [3.63, 3.8) is 0 Å². The predicted molar refractivity (Wildman–Crippen MR) is 96.9 cm³/mol. The largest absolute Gasteiger partial charge is 0.352 e. The highest BCUT2D eigenvalue weighted by Gasteiger charge is 2.42. The van der Waals surface area contributed by atoms with E-state index in [0.29, 0.717) is 18.6 Å². The summed E-state index contributed by atoms with van der Waals surface area (Å²) < 4.78 is 0. The van der Waals surface area contributed by atoms with Gasteiger partial charge >= 0.3 is 0 Å². The molecule has 0 spiro atoms. The Morgan fingerprint density at radius 3 is 2.74 bits per heavy atom. The number of halogens is 1. The number of nitrogens with zero attached hydrogens (tertiary/aromatic N) is 1. The summed E-state index contributed by atoms with van der Waals surface area (Å²) in [7, 11) is 2.11. The number of carbonyl (C=O) groups excluding carboxylic acids is 1. The molecule has 23 heavy (non-hydrogen) atoms. The quantitative estimate of drug-likeness (QED) is 0.805. The van der Waals surface area contributed by atoms with Gasteiger partial charge in [0.2, 0.25) is 5.91 Å². The van der Waals surface area contributed by atoms with Gasteiger partial charge in [-0.15, -0.1) is 12.4 Å². The van der Waals surface area contributed by atoms with Gasteiger partial charge in [-0.1, -0.05) is 6.42 Å². The van der Waals surface area contributed by atoms with E-state index in [9.17, 15) is 4.79 Å². The summed E-state index contributed by atoms with van der Waals surface area (Å²) in [6.45, 7) is 4.98. The first-order valence-corrected chi connectivity index (χ1v) is 9.34. The van der Waals surface area contributed by atoms with E-state index in [2.05, 4.69) is 29.5 Å². The molecule has 0 aromatic heterocycles. The zero-order chi connectivity index (χ0) is 15.5. The summed E-state index contributed by atoms with van der Waals surface area (Å²) >= 11 is 0. The molecule has 3 fully saturated rings. The lowest BCUT2D eigenvalue weighted by Crippen LogP contribution is -2.46. The molecule has 2 bridgehead atoms. The van der Waals surface area contributed by atoms with Crippen LogP contribution in [0.4, 0.5) is 0 Å². The fourth-order valence-electron chi connectivity index (χ4n) is 5.11. The molecule has 4 nitrogen and oxygen atoms in total. The lowest BCUT2D eigenvalue weighted by Gasteiger charge is -2.30. The Hall–Kier alpha value is -0.320. The molecule has 2 aliphatic carbocycles. The summed E-state index contributed by atoms with van der Waals surface area (Å²) in [5.74, 6) is 2.78. The highest BCUT2D eigenvalue weighted by atomic mass is 35.5. The number of hydrogen-bond acceptors (Lipinski definition) is 3.